The van der Waals surface area contributed by atoms with Gasteiger partial charge in [-0.1, -0.05) is 24.3 Å². The van der Waals surface area contributed by atoms with E-state index < -0.39 is 58.9 Å². The van der Waals surface area contributed by atoms with Crippen molar-refractivity contribution in [3.63, 3.8) is 0 Å². The van der Waals surface area contributed by atoms with E-state index in [1.54, 1.807) is 13.8 Å². The van der Waals surface area contributed by atoms with Crippen LogP contribution in [0.5, 0.6) is 5.75 Å². The fraction of sp³-hybridized carbons (Fsp3) is 0.410. The number of carbonyl (C=O) groups excluding carboxylic acids is 2. The lowest BCUT2D eigenvalue weighted by atomic mass is 9.85. The molecule has 1 saturated carbocycles. The molecule has 2 saturated heterocycles. The van der Waals surface area contributed by atoms with Gasteiger partial charge >= 0.3 is 6.18 Å². The number of nitrogens with zero attached hydrogens (tertiary/aromatic N) is 8. The lowest BCUT2D eigenvalue weighted by Crippen LogP contribution is -2.47. The zero-order chi connectivity index (χ0) is 40.2. The van der Waals surface area contributed by atoms with Gasteiger partial charge in [-0.05, 0) is 69.8 Å². The minimum Gasteiger partial charge on any atom is -0.504 e. The molecule has 2 N–H and O–H groups in total. The molecule has 4 aliphatic rings. The number of benzene rings is 2. The number of anilines is 1. The Bertz CT molecular complexity index is 2550. The van der Waals surface area contributed by atoms with Gasteiger partial charge < -0.3 is 29.5 Å². The Labute approximate surface area is 322 Å². The second-order valence-electron chi connectivity index (χ2n) is 15.6. The number of likely N-dealkylation sites (tertiary alicyclic amines) is 2. The van der Waals surface area contributed by atoms with E-state index in [1.807, 2.05) is 12.1 Å². The van der Waals surface area contributed by atoms with Crippen molar-refractivity contribution in [3.8, 4) is 17.1 Å². The average Bonchev–Trinajstić information content (AvgIpc) is 3.42. The number of piperidine rings is 2. The lowest BCUT2D eigenvalue weighted by molar-refractivity contribution is -0.137. The fourth-order valence-corrected chi connectivity index (χ4v) is 9.13. The second kappa shape index (κ2) is 12.9. The van der Waals surface area contributed by atoms with E-state index in [0.717, 1.165) is 30.1 Å². The van der Waals surface area contributed by atoms with Crippen molar-refractivity contribution < 1.29 is 37.0 Å². The van der Waals surface area contributed by atoms with E-state index in [2.05, 4.69) is 44.5 Å². The molecule has 9 rings (SSSR count). The number of rotatable bonds is 6. The minimum absolute atomic E-state index is 0.00820. The molecule has 1 aliphatic carbocycles. The summed E-state index contributed by atoms with van der Waals surface area (Å²) in [5, 5.41) is 17.5. The van der Waals surface area contributed by atoms with Crippen molar-refractivity contribution in [3.05, 3.63) is 98.7 Å². The maximum absolute atomic E-state index is 14.8. The maximum atomic E-state index is 14.8. The molecule has 6 heterocycles. The van der Waals surface area contributed by atoms with E-state index in [1.165, 1.54) is 21.4 Å². The molecule has 1 spiro atoms. The number of fused-ring (bicyclic) bond motifs is 4. The summed E-state index contributed by atoms with van der Waals surface area (Å²) in [5.74, 6) is -2.07. The number of alkyl halides is 3. The number of aryl methyl sites for hydroxylation is 1. The number of likely N-dealkylation sites (N-methyl/N-ethyl adjacent to an activating group) is 1. The van der Waals surface area contributed by atoms with Crippen molar-refractivity contribution in [2.45, 2.75) is 63.0 Å². The number of aromatic hydroxyl groups is 1. The topological polar surface area (TPSA) is 160 Å². The number of aromatic nitrogens is 6. The molecule has 3 aromatic heterocycles. The summed E-state index contributed by atoms with van der Waals surface area (Å²) in [7, 11) is 2.11. The van der Waals surface area contributed by atoms with E-state index in [9.17, 15) is 37.1 Å². The van der Waals surface area contributed by atoms with Crippen molar-refractivity contribution in [1.29, 1.82) is 0 Å². The summed E-state index contributed by atoms with van der Waals surface area (Å²) in [5.41, 5.74) is -0.754. The second-order valence-corrected chi connectivity index (χ2v) is 15.6. The van der Waals surface area contributed by atoms with E-state index in [-0.39, 0.29) is 65.6 Å². The van der Waals surface area contributed by atoms with Crippen LogP contribution in [-0.4, -0.2) is 89.1 Å². The van der Waals surface area contributed by atoms with Crippen LogP contribution in [0.3, 0.4) is 0 Å². The van der Waals surface area contributed by atoms with Gasteiger partial charge in [0.25, 0.3) is 11.5 Å². The van der Waals surface area contributed by atoms with Crippen LogP contribution in [0.15, 0.2) is 53.6 Å². The molecule has 0 radical (unpaired) electrons. The number of ether oxygens (including phenoxy) is 1. The third-order valence-electron chi connectivity index (χ3n) is 12.0. The highest BCUT2D eigenvalue weighted by Gasteiger charge is 2.59. The standard InChI is InChI=1S/C39H37F4N9O5/c1-20-32(54)30(45-19-44-20)35(56)50-12-10-38(11-13-50)29-31(21(2)57-38)51(17-28(53)46-27-9-8-24(14-26(27)40)39(41,42)43)36-47-33(48-52(36)34(29)55)22-4-6-23(7-5-22)37-15-25(37)16-49(3)18-37/h4-9,14,19,21,25,54H,10-13,15-18H2,1-3H3,(H,46,53)/t21?,25-,37+/m0/s1. The number of hydrogen-bond acceptors (Lipinski definition) is 10. The van der Waals surface area contributed by atoms with Crippen LogP contribution in [0.25, 0.3) is 17.2 Å². The summed E-state index contributed by atoms with van der Waals surface area (Å²) >= 11 is 0. The van der Waals surface area contributed by atoms with Crippen molar-refractivity contribution >= 4 is 23.3 Å². The molecule has 3 fully saturated rings. The first kappa shape index (κ1) is 36.9. The van der Waals surface area contributed by atoms with Crippen molar-refractivity contribution in [1.82, 2.24) is 38.9 Å². The molecule has 14 nitrogen and oxygen atoms in total. The Balaban J connectivity index is 1.08. The molecule has 1 unspecified atom stereocenters. The molecule has 3 atom stereocenters. The van der Waals surface area contributed by atoms with Crippen LogP contribution in [-0.2, 0) is 33.3 Å². The van der Waals surface area contributed by atoms with Gasteiger partial charge in [0.2, 0.25) is 11.7 Å². The highest BCUT2D eigenvalue weighted by atomic mass is 19.4. The minimum atomic E-state index is -4.78. The third kappa shape index (κ3) is 5.95. The molecular formula is C39H37F4N9O5. The van der Waals surface area contributed by atoms with Gasteiger partial charge in [-0.15, -0.1) is 5.10 Å². The van der Waals surface area contributed by atoms with Gasteiger partial charge in [-0.3, -0.25) is 14.4 Å². The number of nitrogens with one attached hydrogen (secondary N) is 1. The molecule has 3 aliphatic heterocycles. The molecule has 2 aromatic carbocycles. The average molecular weight is 788 g/mol. The van der Waals surface area contributed by atoms with Gasteiger partial charge in [-0.25, -0.2) is 14.4 Å². The number of carbonyl (C=O) groups is 2. The Hall–Kier alpha value is -5.75. The SMILES string of the molecule is Cc1ncnc(C(=O)N2CCC3(CC2)OC(C)c2c3c(=O)n3nc(-c4ccc([C@]56C[C@H]5CN(C)C6)cc4)nc3n2CC(=O)Nc2ccc(C(F)(F)F)cc2F)c1O. The number of hydrogen-bond donors (Lipinski definition) is 2. The lowest BCUT2D eigenvalue weighted by Gasteiger charge is -2.39. The summed E-state index contributed by atoms with van der Waals surface area (Å²) in [6.45, 7) is 5.03. The monoisotopic (exact) mass is 787 g/mol. The number of amides is 2. The van der Waals surface area contributed by atoms with Gasteiger partial charge in [0.05, 0.1) is 34.3 Å². The van der Waals surface area contributed by atoms with Crippen LogP contribution >= 0.6 is 0 Å². The summed E-state index contributed by atoms with van der Waals surface area (Å²) in [6.07, 6.45) is -2.88. The predicted octanol–water partition coefficient (Wildman–Crippen LogP) is 4.58. The van der Waals surface area contributed by atoms with Crippen LogP contribution in [0.1, 0.15) is 70.9 Å². The fourth-order valence-electron chi connectivity index (χ4n) is 9.13. The third-order valence-corrected chi connectivity index (χ3v) is 12.0. The van der Waals surface area contributed by atoms with Crippen LogP contribution in [0.4, 0.5) is 23.2 Å². The molecule has 296 valence electrons. The Morgan fingerprint density at radius 1 is 1.09 bits per heavy atom. The molecule has 0 bridgehead atoms. The van der Waals surface area contributed by atoms with Crippen LogP contribution < -0.4 is 10.9 Å². The molecule has 5 aromatic rings. The highest BCUT2D eigenvalue weighted by Crippen LogP contribution is 2.58. The Morgan fingerprint density at radius 3 is 2.49 bits per heavy atom. The normalized spacial score (nSPS) is 22.5. The molecule has 18 heteroatoms. The van der Waals surface area contributed by atoms with Crippen LogP contribution in [0.2, 0.25) is 0 Å². The Kier molecular flexibility index (Phi) is 8.33. The van der Waals surface area contributed by atoms with Gasteiger partial charge in [0.15, 0.2) is 17.3 Å². The smallest absolute Gasteiger partial charge is 0.416 e. The first-order valence-electron chi connectivity index (χ1n) is 18.6. The van der Waals surface area contributed by atoms with Crippen LogP contribution in [0, 0.1) is 18.7 Å². The van der Waals surface area contributed by atoms with E-state index in [0.29, 0.717) is 29.3 Å². The maximum Gasteiger partial charge on any atom is 0.416 e. The summed E-state index contributed by atoms with van der Waals surface area (Å²) in [4.78, 5) is 58.1. The quantitative estimate of drug-likeness (QED) is 0.233. The summed E-state index contributed by atoms with van der Waals surface area (Å²) in [6, 6.07) is 9.74. The number of halogens is 4. The summed E-state index contributed by atoms with van der Waals surface area (Å²) < 4.78 is 63.6. The largest absolute Gasteiger partial charge is 0.504 e. The highest BCUT2D eigenvalue weighted by molar-refractivity contribution is 5.95. The Morgan fingerprint density at radius 2 is 1.82 bits per heavy atom. The molecule has 57 heavy (non-hydrogen) atoms. The molecule has 2 amide bonds. The van der Waals surface area contributed by atoms with Gasteiger partial charge in [0, 0.05) is 37.2 Å². The molecular weight excluding hydrogens is 750 g/mol. The van der Waals surface area contributed by atoms with E-state index in [4.69, 9.17) is 9.72 Å². The first-order valence-corrected chi connectivity index (χ1v) is 18.6. The zero-order valence-corrected chi connectivity index (χ0v) is 31.1. The van der Waals surface area contributed by atoms with Gasteiger partial charge in [-0.2, -0.15) is 22.7 Å². The predicted molar refractivity (Wildman–Crippen MR) is 195 cm³/mol. The van der Waals surface area contributed by atoms with Crippen molar-refractivity contribution in [2.24, 2.45) is 5.92 Å². The van der Waals surface area contributed by atoms with Gasteiger partial charge in [0.1, 0.15) is 24.3 Å². The van der Waals surface area contributed by atoms with Crippen molar-refractivity contribution in [2.75, 3.05) is 38.5 Å². The zero-order valence-electron chi connectivity index (χ0n) is 31.1. The van der Waals surface area contributed by atoms with E-state index >= 15 is 0 Å². The first-order chi connectivity index (χ1) is 27.1.